The van der Waals surface area contributed by atoms with Crippen LogP contribution in [0.5, 0.6) is 0 Å². The standard InChI is InChI=1S/C18H29NO2/c1-18(2,3)13-12-16(19)15-10-8-14(9-11-15)6-5-7-17(20)21-4/h8-11,16H,5-7,12-13,19H2,1-4H3. The van der Waals surface area contributed by atoms with Crippen molar-refractivity contribution in [3.63, 3.8) is 0 Å². The highest BCUT2D eigenvalue weighted by atomic mass is 16.5. The molecule has 0 saturated heterocycles. The molecule has 21 heavy (non-hydrogen) atoms. The van der Waals surface area contributed by atoms with Gasteiger partial charge in [-0.25, -0.2) is 0 Å². The van der Waals surface area contributed by atoms with E-state index in [2.05, 4.69) is 49.8 Å². The third kappa shape index (κ3) is 7.28. The number of hydrogen-bond donors (Lipinski definition) is 1. The lowest BCUT2D eigenvalue weighted by molar-refractivity contribution is -0.140. The highest BCUT2D eigenvalue weighted by Gasteiger charge is 2.13. The van der Waals surface area contributed by atoms with Gasteiger partial charge in [0.2, 0.25) is 0 Å². The van der Waals surface area contributed by atoms with Gasteiger partial charge in [0.15, 0.2) is 0 Å². The SMILES string of the molecule is COC(=O)CCCc1ccc(C(N)CCC(C)(C)C)cc1. The Bertz CT molecular complexity index is 432. The second-order valence-electron chi connectivity index (χ2n) is 6.88. The molecule has 3 heteroatoms. The number of ether oxygens (including phenoxy) is 1. The number of aryl methyl sites for hydroxylation is 1. The van der Waals surface area contributed by atoms with Crippen LogP contribution in [0, 0.1) is 5.41 Å². The van der Waals surface area contributed by atoms with Crippen LogP contribution in [0.15, 0.2) is 24.3 Å². The first-order valence-corrected chi connectivity index (χ1v) is 7.73. The minimum Gasteiger partial charge on any atom is -0.469 e. The normalized spacial score (nSPS) is 13.0. The smallest absolute Gasteiger partial charge is 0.305 e. The van der Waals surface area contributed by atoms with Gasteiger partial charge in [0, 0.05) is 12.5 Å². The van der Waals surface area contributed by atoms with Crippen LogP contribution < -0.4 is 5.73 Å². The molecule has 0 aromatic heterocycles. The summed E-state index contributed by atoms with van der Waals surface area (Å²) in [6.07, 6.45) is 4.32. The second kappa shape index (κ2) is 8.18. The zero-order valence-corrected chi connectivity index (χ0v) is 13.8. The van der Waals surface area contributed by atoms with E-state index in [1.165, 1.54) is 18.2 Å². The van der Waals surface area contributed by atoms with Crippen LogP contribution in [0.4, 0.5) is 0 Å². The second-order valence-corrected chi connectivity index (χ2v) is 6.88. The van der Waals surface area contributed by atoms with E-state index in [0.717, 1.165) is 25.7 Å². The van der Waals surface area contributed by atoms with Crippen molar-refractivity contribution in [3.8, 4) is 0 Å². The summed E-state index contributed by atoms with van der Waals surface area (Å²) in [7, 11) is 1.43. The quantitative estimate of drug-likeness (QED) is 0.772. The molecule has 2 N–H and O–H groups in total. The summed E-state index contributed by atoms with van der Waals surface area (Å²) in [5, 5.41) is 0. The molecule has 0 aliphatic carbocycles. The summed E-state index contributed by atoms with van der Waals surface area (Å²) in [5.41, 5.74) is 9.01. The molecule has 1 unspecified atom stereocenters. The van der Waals surface area contributed by atoms with Crippen molar-refractivity contribution < 1.29 is 9.53 Å². The number of esters is 1. The Kier molecular flexibility index (Phi) is 6.90. The molecule has 0 heterocycles. The maximum absolute atomic E-state index is 11.1. The molecular weight excluding hydrogens is 262 g/mol. The minimum atomic E-state index is -0.143. The maximum atomic E-state index is 11.1. The fourth-order valence-corrected chi connectivity index (χ4v) is 2.23. The van der Waals surface area contributed by atoms with Crippen LogP contribution in [0.1, 0.15) is 63.6 Å². The molecule has 0 spiro atoms. The van der Waals surface area contributed by atoms with Crippen LogP contribution in [0.2, 0.25) is 0 Å². The predicted molar refractivity (Wildman–Crippen MR) is 87.0 cm³/mol. The van der Waals surface area contributed by atoms with E-state index < -0.39 is 0 Å². The number of methoxy groups -OCH3 is 1. The molecule has 0 aliphatic heterocycles. The van der Waals surface area contributed by atoms with Crippen molar-refractivity contribution >= 4 is 5.97 Å². The molecule has 0 amide bonds. The summed E-state index contributed by atoms with van der Waals surface area (Å²) in [6, 6.07) is 8.56. The van der Waals surface area contributed by atoms with Crippen molar-refractivity contribution in [3.05, 3.63) is 35.4 Å². The molecule has 0 fully saturated rings. The Morgan fingerprint density at radius 2 is 1.86 bits per heavy atom. The van der Waals surface area contributed by atoms with Gasteiger partial charge in [-0.2, -0.15) is 0 Å². The van der Waals surface area contributed by atoms with Crippen LogP contribution in [0.25, 0.3) is 0 Å². The third-order valence-electron chi connectivity index (χ3n) is 3.69. The molecule has 3 nitrogen and oxygen atoms in total. The summed E-state index contributed by atoms with van der Waals surface area (Å²) >= 11 is 0. The van der Waals surface area contributed by atoms with E-state index in [4.69, 9.17) is 5.73 Å². The molecule has 118 valence electrons. The van der Waals surface area contributed by atoms with E-state index >= 15 is 0 Å². The number of carbonyl (C=O) groups excluding carboxylic acids is 1. The van der Waals surface area contributed by atoms with E-state index in [0.29, 0.717) is 11.8 Å². The summed E-state index contributed by atoms with van der Waals surface area (Å²) < 4.78 is 4.64. The van der Waals surface area contributed by atoms with Gasteiger partial charge in [-0.15, -0.1) is 0 Å². The van der Waals surface area contributed by atoms with Gasteiger partial charge >= 0.3 is 5.97 Å². The Labute approximate surface area is 128 Å². The predicted octanol–water partition coefficient (Wildman–Crippen LogP) is 4.01. The summed E-state index contributed by atoms with van der Waals surface area (Å²) in [4.78, 5) is 11.1. The Morgan fingerprint density at radius 1 is 1.24 bits per heavy atom. The van der Waals surface area contributed by atoms with E-state index in [1.807, 2.05) is 0 Å². The fraction of sp³-hybridized carbons (Fsp3) is 0.611. The molecule has 0 radical (unpaired) electrons. The first kappa shape index (κ1) is 17.7. The topological polar surface area (TPSA) is 52.3 Å². The van der Waals surface area contributed by atoms with E-state index in [9.17, 15) is 4.79 Å². The van der Waals surface area contributed by atoms with Crippen LogP contribution in [-0.2, 0) is 16.0 Å². The van der Waals surface area contributed by atoms with Crippen molar-refractivity contribution in [2.45, 2.75) is 58.9 Å². The molecule has 1 aromatic rings. The molecular formula is C18H29NO2. The van der Waals surface area contributed by atoms with Gasteiger partial charge in [-0.1, -0.05) is 45.0 Å². The molecule has 1 rings (SSSR count). The van der Waals surface area contributed by atoms with Gasteiger partial charge in [-0.05, 0) is 42.2 Å². The molecule has 0 saturated carbocycles. The Morgan fingerprint density at radius 3 is 2.38 bits per heavy atom. The molecule has 0 aliphatic rings. The van der Waals surface area contributed by atoms with Gasteiger partial charge < -0.3 is 10.5 Å². The third-order valence-corrected chi connectivity index (χ3v) is 3.69. The van der Waals surface area contributed by atoms with Crippen LogP contribution >= 0.6 is 0 Å². The van der Waals surface area contributed by atoms with E-state index in [1.54, 1.807) is 0 Å². The number of carbonyl (C=O) groups is 1. The zero-order valence-electron chi connectivity index (χ0n) is 13.8. The summed E-state index contributed by atoms with van der Waals surface area (Å²) in [5.74, 6) is -0.143. The van der Waals surface area contributed by atoms with Crippen molar-refractivity contribution in [1.29, 1.82) is 0 Å². The van der Waals surface area contributed by atoms with Crippen molar-refractivity contribution in [1.82, 2.24) is 0 Å². The first-order chi connectivity index (χ1) is 9.81. The van der Waals surface area contributed by atoms with Gasteiger partial charge in [-0.3, -0.25) is 4.79 Å². The lowest BCUT2D eigenvalue weighted by Gasteiger charge is -2.21. The average molecular weight is 291 g/mol. The van der Waals surface area contributed by atoms with Crippen LogP contribution in [0.3, 0.4) is 0 Å². The maximum Gasteiger partial charge on any atom is 0.305 e. The molecule has 1 atom stereocenters. The average Bonchev–Trinajstić information content (AvgIpc) is 2.44. The number of benzene rings is 1. The zero-order chi connectivity index (χ0) is 15.9. The highest BCUT2D eigenvalue weighted by molar-refractivity contribution is 5.69. The van der Waals surface area contributed by atoms with Crippen molar-refractivity contribution in [2.24, 2.45) is 11.1 Å². The molecule has 0 bridgehead atoms. The van der Waals surface area contributed by atoms with E-state index in [-0.39, 0.29) is 12.0 Å². The van der Waals surface area contributed by atoms with Crippen LogP contribution in [-0.4, -0.2) is 13.1 Å². The van der Waals surface area contributed by atoms with Crippen molar-refractivity contribution in [2.75, 3.05) is 7.11 Å². The molecule has 1 aromatic carbocycles. The van der Waals surface area contributed by atoms with Gasteiger partial charge in [0.05, 0.1) is 7.11 Å². The number of hydrogen-bond acceptors (Lipinski definition) is 3. The number of nitrogens with two attached hydrogens (primary N) is 1. The fourth-order valence-electron chi connectivity index (χ4n) is 2.23. The largest absolute Gasteiger partial charge is 0.469 e. The monoisotopic (exact) mass is 291 g/mol. The number of rotatable bonds is 7. The lowest BCUT2D eigenvalue weighted by atomic mass is 9.87. The Hall–Kier alpha value is -1.35. The minimum absolute atomic E-state index is 0.105. The Balaban J connectivity index is 2.44. The first-order valence-electron chi connectivity index (χ1n) is 7.73. The van der Waals surface area contributed by atoms with Gasteiger partial charge in [0.1, 0.15) is 0 Å². The van der Waals surface area contributed by atoms with Gasteiger partial charge in [0.25, 0.3) is 0 Å². The highest BCUT2D eigenvalue weighted by Crippen LogP contribution is 2.26. The summed E-state index contributed by atoms with van der Waals surface area (Å²) in [6.45, 7) is 6.72. The lowest BCUT2D eigenvalue weighted by Crippen LogP contribution is -2.14.